The van der Waals surface area contributed by atoms with Crippen LogP contribution < -0.4 is 15.8 Å². The molecule has 0 amide bonds. The average Bonchev–Trinajstić information content (AvgIpc) is 2.69. The van der Waals surface area contributed by atoms with Crippen molar-refractivity contribution in [1.82, 2.24) is 9.55 Å². The minimum absolute atomic E-state index is 0.0264. The van der Waals surface area contributed by atoms with Gasteiger partial charge in [-0.2, -0.15) is 0 Å². The molecule has 3 N–H and O–H groups in total. The maximum Gasteiger partial charge on any atom is 0.262 e. The largest absolute Gasteiger partial charge is 0.324 e. The third-order valence-corrected chi connectivity index (χ3v) is 6.15. The fraction of sp³-hybridized carbons (Fsp3) is 0.500. The van der Waals surface area contributed by atoms with E-state index in [1.165, 1.54) is 42.6 Å². The minimum Gasteiger partial charge on any atom is -0.324 e. The summed E-state index contributed by atoms with van der Waals surface area (Å²) >= 11 is 5.46. The summed E-state index contributed by atoms with van der Waals surface area (Å²) in [5, 5.41) is 3.54. The van der Waals surface area contributed by atoms with Crippen molar-refractivity contribution in [3.8, 4) is 0 Å². The molecule has 1 atom stereocenters. The van der Waals surface area contributed by atoms with Gasteiger partial charge in [0, 0.05) is 6.54 Å². The van der Waals surface area contributed by atoms with Gasteiger partial charge in [-0.25, -0.2) is 0 Å². The molecule has 1 aliphatic carbocycles. The van der Waals surface area contributed by atoms with E-state index in [1.807, 2.05) is 6.07 Å². The summed E-state index contributed by atoms with van der Waals surface area (Å²) in [5.41, 5.74) is 2.11. The molecule has 1 fully saturated rings. The molecular formula is C20H27N4OS+. The SMILES string of the molecule is O=c1[nH]c(=S)n(CCc2ccccc2)c2c1C[NH+](C1CCCCC1)CN2. The van der Waals surface area contributed by atoms with Crippen molar-refractivity contribution in [1.29, 1.82) is 0 Å². The lowest BCUT2D eigenvalue weighted by molar-refractivity contribution is -0.938. The molecule has 2 heterocycles. The predicted molar refractivity (Wildman–Crippen MR) is 106 cm³/mol. The Morgan fingerprint density at radius 1 is 1.15 bits per heavy atom. The van der Waals surface area contributed by atoms with E-state index < -0.39 is 0 Å². The molecule has 2 aliphatic rings. The molecule has 2 aromatic rings. The topological polar surface area (TPSA) is 54.3 Å². The number of benzene rings is 1. The van der Waals surface area contributed by atoms with E-state index in [0.717, 1.165) is 37.6 Å². The van der Waals surface area contributed by atoms with Crippen molar-refractivity contribution >= 4 is 18.0 Å². The first kappa shape index (κ1) is 17.5. The van der Waals surface area contributed by atoms with E-state index in [-0.39, 0.29) is 5.56 Å². The highest BCUT2D eigenvalue weighted by Crippen LogP contribution is 2.19. The highest BCUT2D eigenvalue weighted by atomic mass is 32.1. The van der Waals surface area contributed by atoms with Crippen molar-refractivity contribution in [3.63, 3.8) is 0 Å². The number of aromatic nitrogens is 2. The van der Waals surface area contributed by atoms with Gasteiger partial charge in [-0.15, -0.1) is 0 Å². The quantitative estimate of drug-likeness (QED) is 0.723. The molecule has 138 valence electrons. The number of nitrogens with one attached hydrogen (secondary N) is 3. The number of nitrogens with zero attached hydrogens (tertiary/aromatic N) is 1. The van der Waals surface area contributed by atoms with Gasteiger partial charge in [0.2, 0.25) is 0 Å². The average molecular weight is 372 g/mol. The first-order valence-electron chi connectivity index (χ1n) is 9.71. The van der Waals surface area contributed by atoms with Gasteiger partial charge in [-0.3, -0.25) is 9.78 Å². The maximum absolute atomic E-state index is 12.6. The van der Waals surface area contributed by atoms with Crippen LogP contribution in [-0.4, -0.2) is 22.3 Å². The van der Waals surface area contributed by atoms with Crippen LogP contribution in [0.5, 0.6) is 0 Å². The number of aromatic amines is 1. The molecule has 0 spiro atoms. The standard InChI is InChI=1S/C20H26N4OS/c25-19-17-13-23(16-9-5-2-6-10-16)14-21-18(17)24(20(26)22-19)12-11-15-7-3-1-4-8-15/h1,3-4,7-8,16,21H,2,5-6,9-14H2,(H,22,25,26)/p+1. The molecule has 4 rings (SSSR count). The third kappa shape index (κ3) is 3.62. The fourth-order valence-corrected chi connectivity index (χ4v) is 4.64. The number of aryl methyl sites for hydroxylation is 1. The zero-order valence-electron chi connectivity index (χ0n) is 15.1. The summed E-state index contributed by atoms with van der Waals surface area (Å²) in [6, 6.07) is 11.1. The van der Waals surface area contributed by atoms with Gasteiger partial charge in [0.15, 0.2) is 11.4 Å². The van der Waals surface area contributed by atoms with Crippen LogP contribution in [0, 0.1) is 4.77 Å². The van der Waals surface area contributed by atoms with Crippen molar-refractivity contribution < 1.29 is 4.90 Å². The Hall–Kier alpha value is -1.92. The van der Waals surface area contributed by atoms with E-state index >= 15 is 0 Å². The molecule has 0 bridgehead atoms. The van der Waals surface area contributed by atoms with Crippen molar-refractivity contribution in [2.75, 3.05) is 12.0 Å². The zero-order chi connectivity index (χ0) is 17.9. The van der Waals surface area contributed by atoms with Crippen LogP contribution >= 0.6 is 12.2 Å². The second-order valence-electron chi connectivity index (χ2n) is 7.50. The highest BCUT2D eigenvalue weighted by molar-refractivity contribution is 7.71. The number of rotatable bonds is 4. The zero-order valence-corrected chi connectivity index (χ0v) is 15.9. The van der Waals surface area contributed by atoms with Gasteiger partial charge in [0.25, 0.3) is 5.56 Å². The minimum atomic E-state index is -0.0264. The van der Waals surface area contributed by atoms with Crippen molar-refractivity contribution in [3.05, 3.63) is 56.6 Å². The molecular weight excluding hydrogens is 344 g/mol. The van der Waals surface area contributed by atoms with Crippen molar-refractivity contribution in [2.45, 2.75) is 57.7 Å². The monoisotopic (exact) mass is 371 g/mol. The summed E-state index contributed by atoms with van der Waals surface area (Å²) in [6.07, 6.45) is 7.44. The van der Waals surface area contributed by atoms with Crippen LogP contribution in [0.2, 0.25) is 0 Å². The Kier molecular flexibility index (Phi) is 5.22. The van der Waals surface area contributed by atoms with E-state index in [0.29, 0.717) is 10.8 Å². The lowest BCUT2D eigenvalue weighted by Crippen LogP contribution is -3.16. The first-order valence-corrected chi connectivity index (χ1v) is 10.1. The predicted octanol–water partition coefficient (Wildman–Crippen LogP) is 2.25. The smallest absolute Gasteiger partial charge is 0.262 e. The molecule has 0 radical (unpaired) electrons. The van der Waals surface area contributed by atoms with Gasteiger partial charge in [0.05, 0.1) is 6.04 Å². The summed E-state index contributed by atoms with van der Waals surface area (Å²) in [4.78, 5) is 16.9. The van der Waals surface area contributed by atoms with Crippen molar-refractivity contribution in [2.24, 2.45) is 0 Å². The molecule has 1 aliphatic heterocycles. The summed E-state index contributed by atoms with van der Waals surface area (Å²) < 4.78 is 2.58. The molecule has 26 heavy (non-hydrogen) atoms. The Bertz CT molecular complexity index is 868. The van der Waals surface area contributed by atoms with E-state index in [1.54, 1.807) is 0 Å². The number of fused-ring (bicyclic) bond motifs is 1. The number of H-pyrrole nitrogens is 1. The van der Waals surface area contributed by atoms with Gasteiger partial charge in [-0.1, -0.05) is 36.8 Å². The van der Waals surface area contributed by atoms with Crippen LogP contribution in [-0.2, 0) is 19.5 Å². The lowest BCUT2D eigenvalue weighted by atomic mass is 9.94. The van der Waals surface area contributed by atoms with Gasteiger partial charge in [-0.05, 0) is 49.9 Å². The van der Waals surface area contributed by atoms with Gasteiger partial charge < -0.3 is 14.8 Å². The summed E-state index contributed by atoms with van der Waals surface area (Å²) in [6.45, 7) is 2.44. The molecule has 1 saturated carbocycles. The first-order chi connectivity index (χ1) is 12.7. The molecule has 1 unspecified atom stereocenters. The van der Waals surface area contributed by atoms with Crippen LogP contribution in [0.3, 0.4) is 0 Å². The lowest BCUT2D eigenvalue weighted by Gasteiger charge is -2.35. The van der Waals surface area contributed by atoms with E-state index in [9.17, 15) is 4.79 Å². The number of hydrogen-bond acceptors (Lipinski definition) is 3. The molecule has 5 nitrogen and oxygen atoms in total. The second kappa shape index (κ2) is 7.76. The Balaban J connectivity index is 1.57. The van der Waals surface area contributed by atoms with Crippen LogP contribution in [0.1, 0.15) is 43.2 Å². The van der Waals surface area contributed by atoms with Crippen LogP contribution in [0.4, 0.5) is 5.82 Å². The Morgan fingerprint density at radius 3 is 2.69 bits per heavy atom. The third-order valence-electron chi connectivity index (χ3n) is 5.83. The maximum atomic E-state index is 12.6. The van der Waals surface area contributed by atoms with Crippen LogP contribution in [0.25, 0.3) is 0 Å². The molecule has 1 aromatic carbocycles. The van der Waals surface area contributed by atoms with Gasteiger partial charge in [0.1, 0.15) is 17.9 Å². The number of quaternary nitrogens is 1. The highest BCUT2D eigenvalue weighted by Gasteiger charge is 2.31. The second-order valence-corrected chi connectivity index (χ2v) is 7.88. The molecule has 1 aromatic heterocycles. The van der Waals surface area contributed by atoms with Crippen LogP contribution in [0.15, 0.2) is 35.1 Å². The summed E-state index contributed by atoms with van der Waals surface area (Å²) in [5.74, 6) is 0.925. The number of anilines is 1. The molecule has 6 heteroatoms. The number of hydrogen-bond donors (Lipinski definition) is 3. The summed E-state index contributed by atoms with van der Waals surface area (Å²) in [7, 11) is 0. The van der Waals surface area contributed by atoms with Gasteiger partial charge >= 0.3 is 0 Å². The molecule has 0 saturated heterocycles. The Morgan fingerprint density at radius 2 is 1.92 bits per heavy atom. The fourth-order valence-electron chi connectivity index (χ4n) is 4.36. The Labute approximate surface area is 159 Å². The van der Waals surface area contributed by atoms with E-state index in [4.69, 9.17) is 12.2 Å². The normalized spacial score (nSPS) is 20.4. The van der Waals surface area contributed by atoms with E-state index in [2.05, 4.69) is 39.1 Å².